The van der Waals surface area contributed by atoms with Crippen molar-refractivity contribution in [1.82, 2.24) is 0 Å². The van der Waals surface area contributed by atoms with Crippen LogP contribution in [0.15, 0.2) is 114 Å². The predicted molar refractivity (Wildman–Crippen MR) is 116 cm³/mol. The number of hydrogen-bond donors (Lipinski definition) is 0. The summed E-state index contributed by atoms with van der Waals surface area (Å²) in [5.74, 6) is 2.51. The van der Waals surface area contributed by atoms with Crippen molar-refractivity contribution in [2.75, 3.05) is 0 Å². The second-order valence-electron chi connectivity index (χ2n) is 5.87. The van der Waals surface area contributed by atoms with E-state index >= 15 is 0 Å². The summed E-state index contributed by atoms with van der Waals surface area (Å²) in [5, 5.41) is 6.32. The van der Waals surface area contributed by atoms with Gasteiger partial charge in [-0.15, -0.1) is 0 Å². The highest BCUT2D eigenvalue weighted by atomic mass is 32.1. The zero-order chi connectivity index (χ0) is 17.0. The maximum Gasteiger partial charge on any atom is 0.266 e. The molecule has 0 nitrogen and oxygen atoms in total. The van der Waals surface area contributed by atoms with Crippen LogP contribution in [0.1, 0.15) is 0 Å². The van der Waals surface area contributed by atoms with Gasteiger partial charge in [-0.2, -0.15) is 0 Å². The van der Waals surface area contributed by atoms with Gasteiger partial charge in [0.05, 0.1) is 0 Å². The highest BCUT2D eigenvalue weighted by Crippen LogP contribution is 2.57. The summed E-state index contributed by atoms with van der Waals surface area (Å²) in [6, 6.07) is 32.8. The molecule has 4 rings (SSSR count). The summed E-state index contributed by atoms with van der Waals surface area (Å²) < 4.78 is 0. The van der Waals surface area contributed by atoms with Gasteiger partial charge in [0.2, 0.25) is 11.4 Å². The van der Waals surface area contributed by atoms with Crippen molar-refractivity contribution in [3.63, 3.8) is 0 Å². The third-order valence-electron chi connectivity index (χ3n) is 4.35. The smallest absolute Gasteiger partial charge is 0.0620 e. The number of allylic oxidation sites excluding steroid dienone is 2. The first kappa shape index (κ1) is 16.1. The topological polar surface area (TPSA) is 0 Å². The lowest BCUT2D eigenvalue weighted by atomic mass is 10.4. The van der Waals surface area contributed by atoms with E-state index in [2.05, 4.69) is 114 Å². The van der Waals surface area contributed by atoms with Gasteiger partial charge in [0, 0.05) is 12.2 Å². The third kappa shape index (κ3) is 3.14. The van der Waals surface area contributed by atoms with Crippen molar-refractivity contribution in [2.45, 2.75) is 0 Å². The van der Waals surface area contributed by atoms with E-state index < -0.39 is 7.26 Å². The summed E-state index contributed by atoms with van der Waals surface area (Å²) >= 11 is 1.81. The van der Waals surface area contributed by atoms with Crippen molar-refractivity contribution in [3.8, 4) is 0 Å². The Morgan fingerprint density at radius 1 is 0.600 bits per heavy atom. The third-order valence-corrected chi connectivity index (χ3v) is 9.35. The van der Waals surface area contributed by atoms with Crippen LogP contribution < -0.4 is 15.9 Å². The van der Waals surface area contributed by atoms with E-state index in [1.807, 2.05) is 0 Å². The van der Waals surface area contributed by atoms with Crippen LogP contribution in [0.2, 0.25) is 0 Å². The highest BCUT2D eigenvalue weighted by molar-refractivity contribution is 7.98. The molecule has 0 unspecified atom stereocenters. The average Bonchev–Trinajstić information content (AvgIpc) is 3.21. The Bertz CT molecular complexity index is 815. The average molecular weight is 358 g/mol. The first-order chi connectivity index (χ1) is 12.4. The molecule has 2 heteroatoms. The summed E-state index contributed by atoms with van der Waals surface area (Å²) in [7, 11) is -1.86. The Hall–Kier alpha value is -2.34. The second-order valence-corrected chi connectivity index (χ2v) is 10.1. The molecule has 0 saturated carbocycles. The van der Waals surface area contributed by atoms with E-state index in [0.717, 1.165) is 0 Å². The molecule has 0 bridgehead atoms. The van der Waals surface area contributed by atoms with Crippen molar-refractivity contribution in [3.05, 3.63) is 114 Å². The molecule has 0 fully saturated rings. The maximum absolute atomic E-state index is 2.51. The second kappa shape index (κ2) is 7.27. The monoisotopic (exact) mass is 358 g/mol. The maximum atomic E-state index is 2.51. The van der Waals surface area contributed by atoms with E-state index in [0.29, 0.717) is 0 Å². The van der Waals surface area contributed by atoms with Gasteiger partial charge < -0.3 is 0 Å². The fraction of sp³-hybridized carbons (Fsp3) is 0. The molecule has 1 aliphatic heterocycles. The molecule has 25 heavy (non-hydrogen) atoms. The molecule has 0 radical (unpaired) electrons. The normalized spacial score (nSPS) is 15.0. The van der Waals surface area contributed by atoms with Gasteiger partial charge >= 0.3 is 0 Å². The standard InChI is InChI=1S/C23H19PS/c1-4-11-20(12-5-1)24(19-23-17-10-18-25-23,21-13-6-2-7-14-21)22-15-8-3-9-16-22/h1-19H/q+2/b23-19+. The molecule has 1 aliphatic rings. The van der Waals surface area contributed by atoms with Crippen LogP contribution in [0.4, 0.5) is 0 Å². The molecule has 0 atom stereocenters. The SMILES string of the molecule is C1=C/C(=C\[P+](c2ccccc2)(c2ccccc2)c2ccccc2)[S+]=C1. The molecular formula is C23H19PS+2. The lowest BCUT2D eigenvalue weighted by molar-refractivity contribution is 1.72. The van der Waals surface area contributed by atoms with Crippen LogP contribution in [0.5, 0.6) is 0 Å². The molecule has 0 N–H and O–H groups in total. The molecular weight excluding hydrogens is 339 g/mol. The molecule has 120 valence electrons. The zero-order valence-corrected chi connectivity index (χ0v) is 15.5. The first-order valence-electron chi connectivity index (χ1n) is 8.34. The van der Waals surface area contributed by atoms with Crippen LogP contribution in [-0.4, -0.2) is 5.37 Å². The largest absolute Gasteiger partial charge is 0.266 e. The molecule has 3 aromatic carbocycles. The minimum Gasteiger partial charge on any atom is -0.0620 e. The summed E-state index contributed by atoms with van der Waals surface area (Å²) in [6.45, 7) is 0. The molecule has 0 aliphatic carbocycles. The molecule has 0 aromatic heterocycles. The van der Waals surface area contributed by atoms with Crippen LogP contribution in [0, 0.1) is 0 Å². The molecule has 0 amide bonds. The quantitative estimate of drug-likeness (QED) is 0.371. The van der Waals surface area contributed by atoms with Gasteiger partial charge in [-0.3, -0.25) is 0 Å². The molecule has 3 aromatic rings. The Labute approximate surface area is 153 Å². The number of rotatable bonds is 4. The first-order valence-corrected chi connectivity index (χ1v) is 11.1. The van der Waals surface area contributed by atoms with Gasteiger partial charge in [0.25, 0.3) is 4.91 Å². The van der Waals surface area contributed by atoms with Gasteiger partial charge in [-0.05, 0) is 36.4 Å². The van der Waals surface area contributed by atoms with Crippen LogP contribution in [-0.2, 0) is 11.4 Å². The molecule has 0 saturated heterocycles. The minimum absolute atomic E-state index is 1.32. The Morgan fingerprint density at radius 2 is 1.04 bits per heavy atom. The lowest BCUT2D eigenvalue weighted by Crippen LogP contribution is -2.29. The van der Waals surface area contributed by atoms with Crippen molar-refractivity contribution in [2.24, 2.45) is 0 Å². The van der Waals surface area contributed by atoms with Crippen LogP contribution >= 0.6 is 7.26 Å². The van der Waals surface area contributed by atoms with Gasteiger partial charge in [-0.25, -0.2) is 0 Å². The van der Waals surface area contributed by atoms with Crippen molar-refractivity contribution in [1.29, 1.82) is 0 Å². The van der Waals surface area contributed by atoms with E-state index in [-0.39, 0.29) is 0 Å². The van der Waals surface area contributed by atoms with E-state index in [4.69, 9.17) is 0 Å². The molecule has 1 heterocycles. The zero-order valence-electron chi connectivity index (χ0n) is 13.8. The Kier molecular flexibility index (Phi) is 4.70. The fourth-order valence-electron chi connectivity index (χ4n) is 3.22. The van der Waals surface area contributed by atoms with Gasteiger partial charge in [0.1, 0.15) is 29.0 Å². The number of hydrogen-bond acceptors (Lipinski definition) is 0. The van der Waals surface area contributed by atoms with Crippen LogP contribution in [0.25, 0.3) is 0 Å². The number of benzene rings is 3. The minimum atomic E-state index is -1.86. The van der Waals surface area contributed by atoms with Gasteiger partial charge in [-0.1, -0.05) is 54.6 Å². The summed E-state index contributed by atoms with van der Waals surface area (Å²) in [5.41, 5.74) is 0. The van der Waals surface area contributed by atoms with E-state index in [9.17, 15) is 0 Å². The lowest BCUT2D eigenvalue weighted by Gasteiger charge is -2.23. The van der Waals surface area contributed by atoms with E-state index in [1.165, 1.54) is 20.8 Å². The van der Waals surface area contributed by atoms with Crippen LogP contribution in [0.3, 0.4) is 0 Å². The Morgan fingerprint density at radius 3 is 1.40 bits per heavy atom. The van der Waals surface area contributed by atoms with Crippen molar-refractivity contribution < 1.29 is 0 Å². The summed E-state index contributed by atoms with van der Waals surface area (Å²) in [6.07, 6.45) is 4.35. The Balaban J connectivity index is 2.06. The summed E-state index contributed by atoms with van der Waals surface area (Å²) in [4.78, 5) is 1.32. The fourth-order valence-corrected chi connectivity index (χ4v) is 8.14. The van der Waals surface area contributed by atoms with Crippen molar-refractivity contribution >= 4 is 39.9 Å². The highest BCUT2D eigenvalue weighted by Gasteiger charge is 2.45. The van der Waals surface area contributed by atoms with Gasteiger partial charge in [0.15, 0.2) is 5.37 Å². The van der Waals surface area contributed by atoms with E-state index in [1.54, 1.807) is 11.4 Å². The predicted octanol–water partition coefficient (Wildman–Crippen LogP) is 4.28. The molecule has 0 spiro atoms.